The molecule has 0 aliphatic carbocycles. The lowest BCUT2D eigenvalue weighted by atomic mass is 10.2. The molecule has 3 rings (SSSR count). The number of ether oxygens (including phenoxy) is 5. The number of imide groups is 1. The minimum absolute atomic E-state index is 0.0152. The Labute approximate surface area is 290 Å². The number of carbonyl (C=O) groups excluding carboxylic acids is 4. The molecule has 0 radical (unpaired) electrons. The van der Waals surface area contributed by atoms with Gasteiger partial charge in [0.1, 0.15) is 0 Å². The molecule has 1 aromatic rings. The van der Waals surface area contributed by atoms with Crippen LogP contribution in [-0.4, -0.2) is 148 Å². The number of aliphatic carboxylic acids is 1. The lowest BCUT2D eigenvalue weighted by Crippen LogP contribution is -2.50. The van der Waals surface area contributed by atoms with E-state index < -0.39 is 59.4 Å². The number of rotatable bonds is 19. The molecule has 1 aromatic carbocycles. The molecule has 0 bridgehead atoms. The Balaban J connectivity index is 0.00000121. The summed E-state index contributed by atoms with van der Waals surface area (Å²) < 4.78 is 124. The van der Waals surface area contributed by atoms with Crippen LogP contribution in [0.15, 0.2) is 12.2 Å². The summed E-state index contributed by atoms with van der Waals surface area (Å²) in [6.07, 6.45) is -2.83. The average molecular weight is 766 g/mol. The molecule has 1 fully saturated rings. The second-order valence-corrected chi connectivity index (χ2v) is 10.5. The van der Waals surface area contributed by atoms with Crippen molar-refractivity contribution in [2.75, 3.05) is 92.1 Å². The highest BCUT2D eigenvalue weighted by molar-refractivity contribution is 6.12. The number of halogens is 8. The summed E-state index contributed by atoms with van der Waals surface area (Å²) in [4.78, 5) is 61.2. The van der Waals surface area contributed by atoms with E-state index in [2.05, 4.69) is 9.64 Å². The van der Waals surface area contributed by atoms with Crippen LogP contribution in [0, 0.1) is 29.1 Å². The molecule has 292 valence electrons. The molecule has 2 aliphatic rings. The summed E-state index contributed by atoms with van der Waals surface area (Å²) in [7, 11) is 0. The van der Waals surface area contributed by atoms with Crippen LogP contribution < -0.4 is 4.74 Å². The number of piperazine rings is 1. The van der Waals surface area contributed by atoms with Crippen molar-refractivity contribution in [3.05, 3.63) is 41.2 Å². The number of benzene rings is 1. The van der Waals surface area contributed by atoms with Crippen molar-refractivity contribution in [2.24, 2.45) is 0 Å². The average Bonchev–Trinajstić information content (AvgIpc) is 3.43. The molecule has 2 aliphatic heterocycles. The molecule has 0 atom stereocenters. The van der Waals surface area contributed by atoms with E-state index in [1.165, 1.54) is 17.1 Å². The molecule has 0 unspecified atom stereocenters. The molecule has 14 nitrogen and oxygen atoms in total. The summed E-state index contributed by atoms with van der Waals surface area (Å²) in [5.41, 5.74) is 0. The second kappa shape index (κ2) is 22.0. The number of carboxylic acid groups (broad SMARTS) is 1. The van der Waals surface area contributed by atoms with Gasteiger partial charge in [0.15, 0.2) is 0 Å². The minimum atomic E-state index is -5.08. The first-order valence-corrected chi connectivity index (χ1v) is 15.4. The summed E-state index contributed by atoms with van der Waals surface area (Å²) in [5.74, 6) is -17.6. The highest BCUT2D eigenvalue weighted by atomic mass is 19.4. The first-order chi connectivity index (χ1) is 24.5. The topological polar surface area (TPSA) is 161 Å². The molecule has 3 amide bonds. The number of hydrogen-bond donors (Lipinski definition) is 1. The number of carboxylic acids is 1. The zero-order valence-electron chi connectivity index (χ0n) is 27.4. The standard InChI is InChI=1S/C28H34F5N3O9.C2HF3O2/c29-23-24(30)26(32)28(27(33)25(23)31)45-22(40)4-12-42-14-16-44-18-17-43-15-13-41-11-3-19(37)35-8-5-34(6-9-35)7-10-36-20(38)1-2-21(36)39;3-2(4,5)1(6)7/h1-2H,3-18H2;(H,6,7). The van der Waals surface area contributed by atoms with Crippen molar-refractivity contribution in [3.63, 3.8) is 0 Å². The van der Waals surface area contributed by atoms with Crippen LogP contribution in [0.5, 0.6) is 5.75 Å². The maximum absolute atomic E-state index is 13.5. The van der Waals surface area contributed by atoms with E-state index in [1.54, 1.807) is 4.90 Å². The summed E-state index contributed by atoms with van der Waals surface area (Å²) >= 11 is 0. The summed E-state index contributed by atoms with van der Waals surface area (Å²) in [6, 6.07) is 0. The minimum Gasteiger partial charge on any atom is -0.475 e. The van der Waals surface area contributed by atoms with Crippen molar-refractivity contribution in [2.45, 2.75) is 19.0 Å². The van der Waals surface area contributed by atoms with Gasteiger partial charge in [-0.2, -0.15) is 22.0 Å². The number of esters is 1. The fourth-order valence-corrected chi connectivity index (χ4v) is 4.19. The first kappa shape index (κ1) is 43.9. The molecule has 1 N–H and O–H groups in total. The van der Waals surface area contributed by atoms with Gasteiger partial charge in [-0.1, -0.05) is 0 Å². The van der Waals surface area contributed by atoms with Crippen LogP contribution in [0.3, 0.4) is 0 Å². The third-order valence-corrected chi connectivity index (χ3v) is 6.92. The first-order valence-electron chi connectivity index (χ1n) is 15.4. The third kappa shape index (κ3) is 14.8. The summed E-state index contributed by atoms with van der Waals surface area (Å²) in [6.45, 7) is 4.58. The summed E-state index contributed by atoms with van der Waals surface area (Å²) in [5, 5.41) is 7.12. The maximum Gasteiger partial charge on any atom is 0.490 e. The van der Waals surface area contributed by atoms with Gasteiger partial charge in [0.25, 0.3) is 11.8 Å². The van der Waals surface area contributed by atoms with E-state index >= 15 is 0 Å². The SMILES string of the molecule is O=C(CCOCCOCCOCCOCCC(=O)N1CCN(CCN2C(=O)C=CC2=O)CC1)Oc1c(F)c(F)c(F)c(F)c1F.O=C(O)C(F)(F)F. The lowest BCUT2D eigenvalue weighted by molar-refractivity contribution is -0.192. The van der Waals surface area contributed by atoms with Crippen molar-refractivity contribution in [1.29, 1.82) is 0 Å². The van der Waals surface area contributed by atoms with Crippen molar-refractivity contribution >= 4 is 29.7 Å². The number of nitrogens with zero attached hydrogens (tertiary/aromatic N) is 3. The van der Waals surface area contributed by atoms with Crippen LogP contribution in [0.25, 0.3) is 0 Å². The van der Waals surface area contributed by atoms with Gasteiger partial charge in [0.2, 0.25) is 40.7 Å². The van der Waals surface area contributed by atoms with E-state index in [9.17, 15) is 54.3 Å². The zero-order valence-corrected chi connectivity index (χ0v) is 27.4. The molecule has 0 spiro atoms. The molecular formula is C30H35F8N3O11. The van der Waals surface area contributed by atoms with Crippen LogP contribution >= 0.6 is 0 Å². The predicted molar refractivity (Wildman–Crippen MR) is 157 cm³/mol. The molecule has 1 saturated heterocycles. The fourth-order valence-electron chi connectivity index (χ4n) is 4.19. The van der Waals surface area contributed by atoms with Crippen LogP contribution in [0.1, 0.15) is 12.8 Å². The Bertz CT molecular complexity index is 1380. The molecular weight excluding hydrogens is 730 g/mol. The Morgan fingerprint density at radius 2 is 1.04 bits per heavy atom. The Kier molecular flexibility index (Phi) is 18.5. The maximum atomic E-state index is 13.5. The van der Waals surface area contributed by atoms with Gasteiger partial charge in [-0.3, -0.25) is 29.0 Å². The number of hydrogen-bond acceptors (Lipinski definition) is 11. The highest BCUT2D eigenvalue weighted by Crippen LogP contribution is 2.29. The fraction of sp³-hybridized carbons (Fsp3) is 0.567. The van der Waals surface area contributed by atoms with E-state index in [4.69, 9.17) is 28.8 Å². The van der Waals surface area contributed by atoms with Gasteiger partial charge in [0, 0.05) is 51.4 Å². The quantitative estimate of drug-likeness (QED) is 0.0415. The van der Waals surface area contributed by atoms with Crippen molar-refractivity contribution in [1.82, 2.24) is 14.7 Å². The molecule has 22 heteroatoms. The van der Waals surface area contributed by atoms with Crippen molar-refractivity contribution < 1.29 is 87.9 Å². The van der Waals surface area contributed by atoms with Gasteiger partial charge in [-0.05, 0) is 0 Å². The number of alkyl halides is 3. The van der Waals surface area contributed by atoms with Gasteiger partial charge < -0.3 is 33.7 Å². The number of carbonyl (C=O) groups is 5. The van der Waals surface area contributed by atoms with Crippen LogP contribution in [0.4, 0.5) is 35.1 Å². The molecule has 0 aromatic heterocycles. The molecule has 0 saturated carbocycles. The van der Waals surface area contributed by atoms with E-state index in [1.807, 2.05) is 0 Å². The number of amides is 3. The molecule has 52 heavy (non-hydrogen) atoms. The van der Waals surface area contributed by atoms with Crippen LogP contribution in [-0.2, 0) is 42.9 Å². The van der Waals surface area contributed by atoms with Gasteiger partial charge in [-0.25, -0.2) is 18.0 Å². The van der Waals surface area contributed by atoms with E-state index in [0.29, 0.717) is 39.3 Å². The highest BCUT2D eigenvalue weighted by Gasteiger charge is 2.38. The lowest BCUT2D eigenvalue weighted by Gasteiger charge is -2.35. The van der Waals surface area contributed by atoms with E-state index in [0.717, 1.165) is 0 Å². The Hall–Kier alpha value is -4.25. The smallest absolute Gasteiger partial charge is 0.475 e. The zero-order chi connectivity index (χ0) is 38.8. The predicted octanol–water partition coefficient (Wildman–Crippen LogP) is 1.84. The Morgan fingerprint density at radius 3 is 1.48 bits per heavy atom. The van der Waals surface area contributed by atoms with Gasteiger partial charge in [0.05, 0.1) is 65.7 Å². The second-order valence-electron chi connectivity index (χ2n) is 10.5. The normalized spacial score (nSPS) is 14.8. The van der Waals surface area contributed by atoms with Gasteiger partial charge in [-0.15, -0.1) is 0 Å². The van der Waals surface area contributed by atoms with Crippen molar-refractivity contribution in [3.8, 4) is 5.75 Å². The Morgan fingerprint density at radius 1 is 0.635 bits per heavy atom. The monoisotopic (exact) mass is 765 g/mol. The largest absolute Gasteiger partial charge is 0.490 e. The van der Waals surface area contributed by atoms with E-state index in [-0.39, 0.29) is 77.0 Å². The third-order valence-electron chi connectivity index (χ3n) is 6.92. The molecule has 2 heterocycles. The van der Waals surface area contributed by atoms with Gasteiger partial charge >= 0.3 is 18.1 Å². The van der Waals surface area contributed by atoms with Crippen LogP contribution in [0.2, 0.25) is 0 Å².